The maximum absolute atomic E-state index is 12.8. The van der Waals surface area contributed by atoms with Crippen molar-refractivity contribution in [3.05, 3.63) is 85.1 Å². The number of quaternary nitrogens is 1. The fourth-order valence-electron chi connectivity index (χ4n) is 7.71. The van der Waals surface area contributed by atoms with Crippen molar-refractivity contribution in [2.24, 2.45) is 0 Å². The van der Waals surface area contributed by atoms with Gasteiger partial charge in [0.15, 0.2) is 12.4 Å². The number of rotatable bonds is 52. The average Bonchev–Trinajstić information content (AvgIpc) is 3.34. The van der Waals surface area contributed by atoms with Crippen molar-refractivity contribution in [3.8, 4) is 0 Å². The number of carbonyl (C=O) groups excluding carboxylic acids is 3. The van der Waals surface area contributed by atoms with Gasteiger partial charge in [-0.25, -0.2) is 0 Å². The molecule has 9 nitrogen and oxygen atoms in total. The first-order valence-corrected chi connectivity index (χ1v) is 28.7. The van der Waals surface area contributed by atoms with E-state index in [0.29, 0.717) is 17.4 Å². The molecule has 0 N–H and O–H groups in total. The summed E-state index contributed by atoms with van der Waals surface area (Å²) in [5, 5.41) is 11.8. The topological polar surface area (TPSA) is 111 Å². The molecule has 0 aromatic heterocycles. The van der Waals surface area contributed by atoms with Gasteiger partial charge < -0.3 is 33.3 Å². The van der Waals surface area contributed by atoms with Gasteiger partial charge in [0.25, 0.3) is 0 Å². The Morgan fingerprint density at radius 1 is 0.437 bits per heavy atom. The van der Waals surface area contributed by atoms with E-state index in [1.807, 2.05) is 21.1 Å². The molecule has 71 heavy (non-hydrogen) atoms. The van der Waals surface area contributed by atoms with Crippen LogP contribution in [0.1, 0.15) is 232 Å². The van der Waals surface area contributed by atoms with Gasteiger partial charge in [-0.05, 0) is 89.9 Å². The summed E-state index contributed by atoms with van der Waals surface area (Å²) in [4.78, 5) is 37.3. The predicted molar refractivity (Wildman–Crippen MR) is 297 cm³/mol. The second-order valence-corrected chi connectivity index (χ2v) is 20.2. The summed E-state index contributed by atoms with van der Waals surface area (Å²) in [6.07, 6.45) is 66.3. The molecule has 0 aliphatic heterocycles. The number of carboxylic acids is 1. The lowest BCUT2D eigenvalue weighted by Gasteiger charge is -2.26. The van der Waals surface area contributed by atoms with Gasteiger partial charge in [-0.2, -0.15) is 0 Å². The number of nitrogens with zero attached hydrogens (tertiary/aromatic N) is 1. The van der Waals surface area contributed by atoms with Crippen molar-refractivity contribution in [1.29, 1.82) is 0 Å². The van der Waals surface area contributed by atoms with Crippen molar-refractivity contribution in [2.45, 2.75) is 245 Å². The van der Waals surface area contributed by atoms with Crippen molar-refractivity contribution in [1.82, 2.24) is 0 Å². The fraction of sp³-hybridized carbons (Fsp3) is 0.726. The van der Waals surface area contributed by atoms with Gasteiger partial charge in [-0.15, -0.1) is 0 Å². The molecule has 0 saturated heterocycles. The summed E-state index contributed by atoms with van der Waals surface area (Å²) in [6.45, 7) is 4.61. The van der Waals surface area contributed by atoms with Gasteiger partial charge in [-0.1, -0.05) is 214 Å². The molecule has 0 amide bonds. The normalized spacial score (nSPS) is 13.4. The average molecular weight is 995 g/mol. The standard InChI is InChI=1S/C62H107NO8/c1-6-8-10-12-14-16-18-20-22-24-26-28-30-32-34-36-38-40-42-44-46-48-50-52-59(64)69-56-58(57-70-62(61(66)67)68-55-54-63(3,4)5)71-60(65)53-51-49-47-45-43-41-39-37-35-33-31-29-27-25-23-21-19-17-15-13-11-9-7-2/h9,11,15,17,21,23-24,26-27,29,33,35,39,41,58,62H,6-8,10,12-14,16,18-20,22,25,28,30-32,34,36-38,40,42-57H2,1-5H3/b11-9-,17-15-,23-21-,26-24-,29-27-,35-33-,41-39-. The van der Waals surface area contributed by atoms with Gasteiger partial charge in [0.2, 0.25) is 0 Å². The molecule has 0 aromatic carbocycles. The number of hydrogen-bond acceptors (Lipinski definition) is 8. The van der Waals surface area contributed by atoms with Crippen LogP contribution in [0.4, 0.5) is 0 Å². The molecule has 0 spiro atoms. The van der Waals surface area contributed by atoms with Gasteiger partial charge in [0.05, 0.1) is 40.3 Å². The molecular formula is C62H107NO8. The van der Waals surface area contributed by atoms with Crippen LogP contribution in [-0.2, 0) is 33.3 Å². The Morgan fingerprint density at radius 2 is 0.803 bits per heavy atom. The monoisotopic (exact) mass is 994 g/mol. The molecule has 408 valence electrons. The number of allylic oxidation sites excluding steroid dienone is 14. The number of hydrogen-bond donors (Lipinski definition) is 0. The summed E-state index contributed by atoms with van der Waals surface area (Å²) >= 11 is 0. The van der Waals surface area contributed by atoms with Crippen LogP contribution in [0, 0.1) is 0 Å². The van der Waals surface area contributed by atoms with Gasteiger partial charge in [0.1, 0.15) is 13.2 Å². The highest BCUT2D eigenvalue weighted by Crippen LogP contribution is 2.15. The quantitative estimate of drug-likeness (QED) is 0.0195. The molecule has 0 aliphatic carbocycles. The summed E-state index contributed by atoms with van der Waals surface area (Å²) in [7, 11) is 5.91. The van der Waals surface area contributed by atoms with E-state index in [1.165, 1.54) is 116 Å². The zero-order valence-electron chi connectivity index (χ0n) is 46.3. The lowest BCUT2D eigenvalue weighted by atomic mass is 10.0. The summed E-state index contributed by atoms with van der Waals surface area (Å²) in [6, 6.07) is 0. The van der Waals surface area contributed by atoms with E-state index in [9.17, 15) is 19.5 Å². The van der Waals surface area contributed by atoms with E-state index >= 15 is 0 Å². The predicted octanol–water partition coefficient (Wildman–Crippen LogP) is 15.5. The van der Waals surface area contributed by atoms with Crippen LogP contribution in [0.2, 0.25) is 0 Å². The Hall–Kier alpha value is -3.53. The lowest BCUT2D eigenvalue weighted by Crippen LogP contribution is -2.44. The van der Waals surface area contributed by atoms with Crippen LogP contribution in [-0.4, -0.2) is 82.3 Å². The Morgan fingerprint density at radius 3 is 1.21 bits per heavy atom. The Kier molecular flexibility index (Phi) is 50.2. The Labute approximate surface area is 436 Å². The molecule has 2 unspecified atom stereocenters. The molecule has 9 heteroatoms. The second kappa shape index (κ2) is 52.8. The molecule has 0 saturated carbocycles. The fourth-order valence-corrected chi connectivity index (χ4v) is 7.71. The minimum Gasteiger partial charge on any atom is -0.545 e. The number of carboxylic acid groups (broad SMARTS) is 1. The molecule has 0 fully saturated rings. The van der Waals surface area contributed by atoms with E-state index in [2.05, 4.69) is 98.9 Å². The first-order chi connectivity index (χ1) is 34.6. The molecule has 2 atom stereocenters. The molecule has 0 radical (unpaired) electrons. The number of ether oxygens (including phenoxy) is 4. The van der Waals surface area contributed by atoms with Crippen molar-refractivity contribution in [3.63, 3.8) is 0 Å². The zero-order chi connectivity index (χ0) is 52.0. The van der Waals surface area contributed by atoms with Crippen LogP contribution >= 0.6 is 0 Å². The summed E-state index contributed by atoms with van der Waals surface area (Å²) in [5.74, 6) is -2.32. The van der Waals surface area contributed by atoms with Gasteiger partial charge in [0, 0.05) is 12.8 Å². The number of aliphatic carboxylic acids is 1. The summed E-state index contributed by atoms with van der Waals surface area (Å²) in [5.41, 5.74) is 0. The minimum atomic E-state index is -1.63. The molecule has 0 aromatic rings. The maximum atomic E-state index is 12.8. The SMILES string of the molecule is CC/C=C\C/C=C\C/C=C\C/C=C\C/C=C\C/C=C\CCCCCCC(=O)OC(COC(=O)CCCCCCCCCCCCC/C=C\CCCCCCCCCC)COC(OCC[N+](C)(C)C)C(=O)[O-]. The van der Waals surface area contributed by atoms with Gasteiger partial charge in [-0.3, -0.25) is 9.59 Å². The van der Waals surface area contributed by atoms with E-state index in [4.69, 9.17) is 18.9 Å². The zero-order valence-corrected chi connectivity index (χ0v) is 46.3. The van der Waals surface area contributed by atoms with E-state index in [0.717, 1.165) is 83.5 Å². The molecule has 0 heterocycles. The first kappa shape index (κ1) is 67.5. The minimum absolute atomic E-state index is 0.138. The largest absolute Gasteiger partial charge is 0.545 e. The molecular weight excluding hydrogens is 887 g/mol. The number of unbranched alkanes of at least 4 members (excludes halogenated alkanes) is 23. The smallest absolute Gasteiger partial charge is 0.306 e. The highest BCUT2D eigenvalue weighted by molar-refractivity contribution is 5.70. The van der Waals surface area contributed by atoms with Gasteiger partial charge >= 0.3 is 11.9 Å². The molecule has 0 aliphatic rings. The van der Waals surface area contributed by atoms with E-state index in [1.54, 1.807) is 0 Å². The third-order valence-electron chi connectivity index (χ3n) is 12.1. The first-order valence-electron chi connectivity index (χ1n) is 28.7. The molecule has 0 bridgehead atoms. The van der Waals surface area contributed by atoms with Crippen LogP contribution in [0.5, 0.6) is 0 Å². The van der Waals surface area contributed by atoms with Crippen LogP contribution in [0.3, 0.4) is 0 Å². The summed E-state index contributed by atoms with van der Waals surface area (Å²) < 4.78 is 22.7. The van der Waals surface area contributed by atoms with Crippen molar-refractivity contribution >= 4 is 17.9 Å². The van der Waals surface area contributed by atoms with E-state index in [-0.39, 0.29) is 38.6 Å². The third-order valence-corrected chi connectivity index (χ3v) is 12.1. The lowest BCUT2D eigenvalue weighted by molar-refractivity contribution is -0.870. The number of likely N-dealkylation sites (N-methyl/N-ethyl adjacent to an activating group) is 1. The highest BCUT2D eigenvalue weighted by atomic mass is 16.7. The number of esters is 2. The van der Waals surface area contributed by atoms with Crippen molar-refractivity contribution < 1.29 is 42.9 Å². The van der Waals surface area contributed by atoms with Crippen molar-refractivity contribution in [2.75, 3.05) is 47.5 Å². The number of carbonyl (C=O) groups is 3. The van der Waals surface area contributed by atoms with Crippen LogP contribution in [0.15, 0.2) is 85.1 Å². The Balaban J connectivity index is 4.33. The van der Waals surface area contributed by atoms with Crippen LogP contribution in [0.25, 0.3) is 0 Å². The maximum Gasteiger partial charge on any atom is 0.306 e. The third kappa shape index (κ3) is 54.1. The second-order valence-electron chi connectivity index (χ2n) is 20.2. The molecule has 0 rings (SSSR count). The Bertz CT molecular complexity index is 1440. The van der Waals surface area contributed by atoms with E-state index < -0.39 is 24.3 Å². The van der Waals surface area contributed by atoms with Crippen LogP contribution < -0.4 is 5.11 Å². The highest BCUT2D eigenvalue weighted by Gasteiger charge is 2.22.